The lowest BCUT2D eigenvalue weighted by molar-refractivity contribution is -0.171. The van der Waals surface area contributed by atoms with Gasteiger partial charge in [-0.3, -0.25) is 0 Å². The molecule has 0 amide bonds. The molecule has 2 aliphatic carbocycles. The Labute approximate surface area is 92.8 Å². The van der Waals surface area contributed by atoms with Crippen molar-refractivity contribution in [1.29, 1.82) is 0 Å². The van der Waals surface area contributed by atoms with Gasteiger partial charge in [0.05, 0.1) is 12.7 Å². The largest absolute Gasteiger partial charge is 0.461 e. The highest BCUT2D eigenvalue weighted by Gasteiger charge is 2.46. The van der Waals surface area contributed by atoms with Crippen LogP contribution in [0.3, 0.4) is 0 Å². The van der Waals surface area contributed by atoms with E-state index in [0.717, 1.165) is 19.3 Å². The zero-order valence-corrected chi connectivity index (χ0v) is 9.16. The number of fused-ring (bicyclic) bond motifs is 2. The molecule has 0 heterocycles. The van der Waals surface area contributed by atoms with E-state index in [1.54, 1.807) is 0 Å². The van der Waals surface area contributed by atoms with Crippen LogP contribution in [0.15, 0.2) is 0 Å². The maximum absolute atomic E-state index is 12.5. The molecule has 0 radical (unpaired) electrons. The Morgan fingerprint density at radius 3 is 2.62 bits per heavy atom. The van der Waals surface area contributed by atoms with Gasteiger partial charge in [0.15, 0.2) is 0 Å². The van der Waals surface area contributed by atoms with Crippen LogP contribution in [0.5, 0.6) is 0 Å². The van der Waals surface area contributed by atoms with Crippen molar-refractivity contribution < 1.29 is 23.4 Å². The van der Waals surface area contributed by atoms with E-state index in [1.165, 1.54) is 0 Å². The predicted octanol–water partition coefficient (Wildman–Crippen LogP) is 1.59. The van der Waals surface area contributed by atoms with Crippen molar-refractivity contribution in [3.63, 3.8) is 0 Å². The average molecular weight is 234 g/mol. The summed E-state index contributed by atoms with van der Waals surface area (Å²) in [6.07, 6.45) is 2.28. The molecule has 0 aromatic heterocycles. The van der Waals surface area contributed by atoms with Gasteiger partial charge in [-0.1, -0.05) is 0 Å². The second-order valence-electron chi connectivity index (χ2n) is 5.05. The number of esters is 1. The van der Waals surface area contributed by atoms with Gasteiger partial charge in [0, 0.05) is 6.92 Å². The number of hydrogen-bond acceptors (Lipinski definition) is 3. The maximum Gasteiger partial charge on any atom is 0.376 e. The molecular weight excluding hydrogens is 218 g/mol. The summed E-state index contributed by atoms with van der Waals surface area (Å²) in [5, 5.41) is 9.63. The third-order valence-corrected chi connectivity index (χ3v) is 3.70. The van der Waals surface area contributed by atoms with E-state index in [4.69, 9.17) is 0 Å². The normalized spacial score (nSPS) is 37.8. The number of rotatable bonds is 3. The molecule has 2 rings (SSSR count). The second-order valence-corrected chi connectivity index (χ2v) is 5.05. The van der Waals surface area contributed by atoms with E-state index < -0.39 is 11.9 Å². The molecule has 5 heteroatoms. The Kier molecular flexibility index (Phi) is 2.90. The van der Waals surface area contributed by atoms with Crippen LogP contribution in [-0.4, -0.2) is 29.7 Å². The van der Waals surface area contributed by atoms with Crippen molar-refractivity contribution in [2.24, 2.45) is 17.8 Å². The molecule has 0 aromatic carbocycles. The lowest BCUT2D eigenvalue weighted by atomic mass is 9.87. The van der Waals surface area contributed by atoms with Gasteiger partial charge in [-0.15, -0.1) is 0 Å². The molecule has 2 aliphatic rings. The number of ether oxygens (including phenoxy) is 1. The molecule has 0 aromatic rings. The van der Waals surface area contributed by atoms with Gasteiger partial charge in [-0.25, -0.2) is 4.79 Å². The molecule has 1 N–H and O–H groups in total. The molecule has 0 aliphatic heterocycles. The topological polar surface area (TPSA) is 46.5 Å². The number of aliphatic hydroxyl groups excluding tert-OH is 1. The summed E-state index contributed by atoms with van der Waals surface area (Å²) in [6, 6.07) is 0. The number of carbonyl (C=O) groups excluding carboxylic acids is 1. The number of halogens is 2. The minimum atomic E-state index is -3.42. The van der Waals surface area contributed by atoms with Gasteiger partial charge in [-0.05, 0) is 37.0 Å². The van der Waals surface area contributed by atoms with Gasteiger partial charge in [-0.2, -0.15) is 8.78 Å². The minimum Gasteiger partial charge on any atom is -0.461 e. The summed E-state index contributed by atoms with van der Waals surface area (Å²) in [6.45, 7) is 0.547. The molecule has 2 fully saturated rings. The fraction of sp³-hybridized carbons (Fsp3) is 0.909. The van der Waals surface area contributed by atoms with Crippen LogP contribution in [0.2, 0.25) is 0 Å². The van der Waals surface area contributed by atoms with Gasteiger partial charge in [0.25, 0.3) is 0 Å². The minimum absolute atomic E-state index is 0.0144. The van der Waals surface area contributed by atoms with Crippen molar-refractivity contribution in [3.05, 3.63) is 0 Å². The molecule has 92 valence electrons. The third-order valence-electron chi connectivity index (χ3n) is 3.70. The Morgan fingerprint density at radius 1 is 1.44 bits per heavy atom. The number of carbonyl (C=O) groups is 1. The van der Waals surface area contributed by atoms with Crippen LogP contribution in [0.4, 0.5) is 8.78 Å². The lowest BCUT2D eigenvalue weighted by Gasteiger charge is -2.25. The molecular formula is C11H16F2O3. The summed E-state index contributed by atoms with van der Waals surface area (Å²) in [5.41, 5.74) is 0. The average Bonchev–Trinajstić information content (AvgIpc) is 2.70. The van der Waals surface area contributed by atoms with E-state index in [2.05, 4.69) is 4.74 Å². The Bertz CT molecular complexity index is 287. The van der Waals surface area contributed by atoms with Gasteiger partial charge < -0.3 is 9.84 Å². The van der Waals surface area contributed by atoms with Crippen molar-refractivity contribution >= 4 is 5.97 Å². The van der Waals surface area contributed by atoms with Crippen molar-refractivity contribution in [2.75, 3.05) is 6.61 Å². The predicted molar refractivity (Wildman–Crippen MR) is 51.9 cm³/mol. The molecule has 0 spiro atoms. The molecule has 2 bridgehead atoms. The van der Waals surface area contributed by atoms with E-state index in [1.807, 2.05) is 0 Å². The van der Waals surface area contributed by atoms with E-state index in [-0.39, 0.29) is 24.5 Å². The van der Waals surface area contributed by atoms with Gasteiger partial charge >= 0.3 is 11.9 Å². The summed E-state index contributed by atoms with van der Waals surface area (Å²) >= 11 is 0. The molecule has 2 saturated carbocycles. The van der Waals surface area contributed by atoms with Crippen LogP contribution in [0.25, 0.3) is 0 Å². The van der Waals surface area contributed by atoms with Crippen molar-refractivity contribution in [3.8, 4) is 0 Å². The molecule has 16 heavy (non-hydrogen) atoms. The first kappa shape index (κ1) is 11.8. The van der Waals surface area contributed by atoms with Gasteiger partial charge in [0.2, 0.25) is 0 Å². The third kappa shape index (κ3) is 2.19. The first-order valence-corrected chi connectivity index (χ1v) is 5.61. The quantitative estimate of drug-likeness (QED) is 0.754. The van der Waals surface area contributed by atoms with Crippen molar-refractivity contribution in [2.45, 2.75) is 38.2 Å². The molecule has 0 saturated heterocycles. The summed E-state index contributed by atoms with van der Waals surface area (Å²) < 4.78 is 29.7. The number of hydrogen-bond donors (Lipinski definition) is 1. The SMILES string of the molecule is CC(F)(F)C(=O)OCC1CC2CC(O)C1C2. The highest BCUT2D eigenvalue weighted by molar-refractivity contribution is 5.76. The zero-order valence-electron chi connectivity index (χ0n) is 9.16. The van der Waals surface area contributed by atoms with E-state index in [9.17, 15) is 18.7 Å². The summed E-state index contributed by atoms with van der Waals surface area (Å²) in [7, 11) is 0. The fourth-order valence-electron chi connectivity index (χ4n) is 2.96. The smallest absolute Gasteiger partial charge is 0.376 e. The van der Waals surface area contributed by atoms with Gasteiger partial charge in [0.1, 0.15) is 0 Å². The molecule has 4 unspecified atom stereocenters. The van der Waals surface area contributed by atoms with Crippen LogP contribution >= 0.6 is 0 Å². The standard InChI is InChI=1S/C11H16F2O3/c1-11(12,13)10(15)16-5-7-2-6-3-8(7)9(14)4-6/h6-9,14H,2-5H2,1H3. The lowest BCUT2D eigenvalue weighted by Crippen LogP contribution is -2.32. The van der Waals surface area contributed by atoms with Crippen LogP contribution in [-0.2, 0) is 9.53 Å². The van der Waals surface area contributed by atoms with Crippen molar-refractivity contribution in [1.82, 2.24) is 0 Å². The number of alkyl halides is 2. The summed E-state index contributed by atoms with van der Waals surface area (Å²) in [4.78, 5) is 10.9. The van der Waals surface area contributed by atoms with E-state index in [0.29, 0.717) is 12.8 Å². The van der Waals surface area contributed by atoms with Crippen LogP contribution < -0.4 is 0 Å². The van der Waals surface area contributed by atoms with Crippen LogP contribution in [0, 0.1) is 17.8 Å². The fourth-order valence-corrected chi connectivity index (χ4v) is 2.96. The highest BCUT2D eigenvalue weighted by atomic mass is 19.3. The highest BCUT2D eigenvalue weighted by Crippen LogP contribution is 2.48. The number of aliphatic hydroxyl groups is 1. The monoisotopic (exact) mass is 234 g/mol. The maximum atomic E-state index is 12.5. The first-order valence-electron chi connectivity index (χ1n) is 5.61. The Morgan fingerprint density at radius 2 is 2.12 bits per heavy atom. The zero-order chi connectivity index (χ0) is 11.9. The molecule has 4 atom stereocenters. The van der Waals surface area contributed by atoms with Crippen LogP contribution in [0.1, 0.15) is 26.2 Å². The molecule has 3 nitrogen and oxygen atoms in total. The summed E-state index contributed by atoms with van der Waals surface area (Å²) in [5.74, 6) is -4.23. The first-order chi connectivity index (χ1) is 7.38. The second kappa shape index (κ2) is 3.95. The van der Waals surface area contributed by atoms with E-state index >= 15 is 0 Å². The Hall–Kier alpha value is -0.710. The Balaban J connectivity index is 1.82.